The SMILES string of the molecule is O=C(CNCc1nccc2c(=O)[nH]c(COc3ccc(F)c(Cl)c3)nc12)N[C@@H]1CC[C@@H](N2CCCC2)O1. The van der Waals surface area contributed by atoms with E-state index in [9.17, 15) is 14.0 Å². The van der Waals surface area contributed by atoms with Gasteiger partial charge in [-0.15, -0.1) is 0 Å². The predicted molar refractivity (Wildman–Crippen MR) is 134 cm³/mol. The number of halogens is 2. The van der Waals surface area contributed by atoms with Crippen LogP contribution in [0.3, 0.4) is 0 Å². The van der Waals surface area contributed by atoms with E-state index < -0.39 is 5.82 Å². The number of rotatable bonds is 9. The van der Waals surface area contributed by atoms with Gasteiger partial charge in [0.05, 0.1) is 22.6 Å². The summed E-state index contributed by atoms with van der Waals surface area (Å²) < 4.78 is 25.0. The molecule has 1 amide bonds. The summed E-state index contributed by atoms with van der Waals surface area (Å²) >= 11 is 5.79. The van der Waals surface area contributed by atoms with Gasteiger partial charge in [-0.1, -0.05) is 11.6 Å². The second kappa shape index (κ2) is 11.5. The number of amides is 1. The number of aromatic amines is 1. The Morgan fingerprint density at radius 2 is 2.11 bits per heavy atom. The standard InChI is InChI=1S/C25H28ClFN6O4/c26-17-11-15(3-4-18(17)27)36-14-20-30-24-16(25(35)31-20)7-8-29-19(24)12-28-13-21(34)32-22-5-6-23(37-22)33-9-1-2-10-33/h3-4,7-8,11,22-23,28H,1-2,5-6,9-10,12-14H2,(H,32,34)(H,30,31,35)/t22-,23-/m0/s1. The number of hydrogen-bond donors (Lipinski definition) is 3. The molecule has 0 aliphatic carbocycles. The van der Waals surface area contributed by atoms with Crippen molar-refractivity contribution in [3.05, 3.63) is 63.2 Å². The number of hydrogen-bond acceptors (Lipinski definition) is 8. The van der Waals surface area contributed by atoms with Gasteiger partial charge in [-0.05, 0) is 43.9 Å². The lowest BCUT2D eigenvalue weighted by Crippen LogP contribution is -2.42. The number of carbonyl (C=O) groups excluding carboxylic acids is 1. The molecule has 2 aromatic heterocycles. The van der Waals surface area contributed by atoms with Gasteiger partial charge in [0.25, 0.3) is 5.56 Å². The lowest BCUT2D eigenvalue weighted by molar-refractivity contribution is -0.126. The maximum Gasteiger partial charge on any atom is 0.258 e. The molecular formula is C25H28ClFN6O4. The van der Waals surface area contributed by atoms with Gasteiger partial charge in [0.15, 0.2) is 0 Å². The van der Waals surface area contributed by atoms with E-state index in [1.807, 2.05) is 0 Å². The minimum Gasteiger partial charge on any atom is -0.486 e. The second-order valence-electron chi connectivity index (χ2n) is 9.10. The molecule has 37 heavy (non-hydrogen) atoms. The first-order valence-electron chi connectivity index (χ1n) is 12.3. The molecule has 1 aromatic carbocycles. The number of nitrogens with zero attached hydrogens (tertiary/aromatic N) is 3. The Hall–Kier alpha value is -3.12. The number of H-pyrrole nitrogens is 1. The summed E-state index contributed by atoms with van der Waals surface area (Å²) in [5, 5.41) is 6.30. The molecule has 10 nitrogen and oxygen atoms in total. The van der Waals surface area contributed by atoms with Crippen LogP contribution < -0.4 is 20.9 Å². The molecule has 2 aliphatic heterocycles. The van der Waals surface area contributed by atoms with Crippen molar-refractivity contribution in [3.8, 4) is 5.75 Å². The highest BCUT2D eigenvalue weighted by Gasteiger charge is 2.31. The van der Waals surface area contributed by atoms with E-state index in [0.717, 1.165) is 25.9 Å². The maximum absolute atomic E-state index is 13.4. The lowest BCUT2D eigenvalue weighted by Gasteiger charge is -2.23. The minimum atomic E-state index is -0.551. The summed E-state index contributed by atoms with van der Waals surface area (Å²) in [5.41, 5.74) is 0.587. The first kappa shape index (κ1) is 25.5. The van der Waals surface area contributed by atoms with Crippen molar-refractivity contribution in [1.29, 1.82) is 0 Å². The molecule has 2 aliphatic rings. The monoisotopic (exact) mass is 530 g/mol. The first-order valence-corrected chi connectivity index (χ1v) is 12.7. The number of nitrogens with one attached hydrogen (secondary N) is 3. The molecule has 4 heterocycles. The van der Waals surface area contributed by atoms with Crippen molar-refractivity contribution in [1.82, 2.24) is 30.5 Å². The zero-order chi connectivity index (χ0) is 25.8. The van der Waals surface area contributed by atoms with Crippen LogP contribution in [0.5, 0.6) is 5.75 Å². The molecule has 0 unspecified atom stereocenters. The Morgan fingerprint density at radius 1 is 1.27 bits per heavy atom. The van der Waals surface area contributed by atoms with Crippen LogP contribution in [-0.2, 0) is 22.7 Å². The van der Waals surface area contributed by atoms with Gasteiger partial charge < -0.3 is 25.1 Å². The second-order valence-corrected chi connectivity index (χ2v) is 9.51. The average molecular weight is 531 g/mol. The molecule has 2 atom stereocenters. The molecule has 0 spiro atoms. The van der Waals surface area contributed by atoms with Crippen molar-refractivity contribution in [2.45, 2.75) is 51.3 Å². The molecule has 0 bridgehead atoms. The molecular weight excluding hydrogens is 503 g/mol. The van der Waals surface area contributed by atoms with Gasteiger partial charge in [0.1, 0.15) is 42.0 Å². The summed E-state index contributed by atoms with van der Waals surface area (Å²) in [6.45, 7) is 2.34. The predicted octanol–water partition coefficient (Wildman–Crippen LogP) is 2.45. The fourth-order valence-corrected chi connectivity index (χ4v) is 4.80. The van der Waals surface area contributed by atoms with E-state index >= 15 is 0 Å². The van der Waals surface area contributed by atoms with E-state index in [4.69, 9.17) is 21.1 Å². The molecule has 0 radical (unpaired) electrons. The lowest BCUT2D eigenvalue weighted by atomic mass is 10.2. The quantitative estimate of drug-likeness (QED) is 0.386. The molecule has 3 aromatic rings. The van der Waals surface area contributed by atoms with E-state index in [0.29, 0.717) is 22.3 Å². The van der Waals surface area contributed by atoms with Gasteiger partial charge in [-0.3, -0.25) is 19.5 Å². The highest BCUT2D eigenvalue weighted by Crippen LogP contribution is 2.24. The molecule has 196 valence electrons. The Bertz CT molecular complexity index is 1330. The van der Waals surface area contributed by atoms with Crippen molar-refractivity contribution < 1.29 is 18.7 Å². The van der Waals surface area contributed by atoms with Crippen LogP contribution in [0.15, 0.2) is 35.3 Å². The molecule has 12 heteroatoms. The first-order chi connectivity index (χ1) is 18.0. The topological polar surface area (TPSA) is 121 Å². The summed E-state index contributed by atoms with van der Waals surface area (Å²) in [6, 6.07) is 5.56. The van der Waals surface area contributed by atoms with E-state index in [1.54, 1.807) is 6.07 Å². The van der Waals surface area contributed by atoms with Gasteiger partial charge in [0.2, 0.25) is 5.91 Å². The molecule has 2 saturated heterocycles. The van der Waals surface area contributed by atoms with Crippen molar-refractivity contribution in [2.75, 3.05) is 19.6 Å². The zero-order valence-corrected chi connectivity index (χ0v) is 20.9. The number of benzene rings is 1. The highest BCUT2D eigenvalue weighted by atomic mass is 35.5. The summed E-state index contributed by atoms with van der Waals surface area (Å²) in [6.07, 6.45) is 5.43. The third-order valence-electron chi connectivity index (χ3n) is 6.46. The van der Waals surface area contributed by atoms with Crippen LogP contribution in [0.1, 0.15) is 37.2 Å². The molecule has 3 N–H and O–H groups in total. The molecule has 5 rings (SSSR count). The van der Waals surface area contributed by atoms with Crippen LogP contribution in [0, 0.1) is 5.82 Å². The summed E-state index contributed by atoms with van der Waals surface area (Å²) in [7, 11) is 0. The van der Waals surface area contributed by atoms with Crippen LogP contribution in [-0.4, -0.2) is 57.8 Å². The van der Waals surface area contributed by atoms with Crippen LogP contribution in [0.25, 0.3) is 10.9 Å². The van der Waals surface area contributed by atoms with Crippen LogP contribution in [0.4, 0.5) is 4.39 Å². The van der Waals surface area contributed by atoms with E-state index in [-0.39, 0.29) is 54.5 Å². The van der Waals surface area contributed by atoms with Crippen LogP contribution >= 0.6 is 11.6 Å². The average Bonchev–Trinajstić information content (AvgIpc) is 3.57. The number of fused-ring (bicyclic) bond motifs is 1. The molecule has 2 fully saturated rings. The van der Waals surface area contributed by atoms with Crippen molar-refractivity contribution in [3.63, 3.8) is 0 Å². The van der Waals surface area contributed by atoms with Gasteiger partial charge in [-0.25, -0.2) is 9.37 Å². The van der Waals surface area contributed by atoms with E-state index in [1.165, 1.54) is 37.2 Å². The normalized spacial score (nSPS) is 19.9. The van der Waals surface area contributed by atoms with Gasteiger partial charge in [0, 0.05) is 31.9 Å². The number of ether oxygens (including phenoxy) is 2. The fourth-order valence-electron chi connectivity index (χ4n) is 4.63. The summed E-state index contributed by atoms with van der Waals surface area (Å²) in [4.78, 5) is 38.9. The number of likely N-dealkylation sites (tertiary alicyclic amines) is 1. The highest BCUT2D eigenvalue weighted by molar-refractivity contribution is 6.30. The van der Waals surface area contributed by atoms with Crippen LogP contribution in [0.2, 0.25) is 5.02 Å². The Labute approximate surface area is 217 Å². The van der Waals surface area contributed by atoms with Gasteiger partial charge >= 0.3 is 0 Å². The van der Waals surface area contributed by atoms with Gasteiger partial charge in [-0.2, -0.15) is 0 Å². The smallest absolute Gasteiger partial charge is 0.258 e. The molecule has 0 saturated carbocycles. The minimum absolute atomic E-state index is 0.0584. The Balaban J connectivity index is 1.17. The number of pyridine rings is 1. The fraction of sp³-hybridized carbons (Fsp3) is 0.440. The number of carbonyl (C=O) groups is 1. The maximum atomic E-state index is 13.4. The largest absolute Gasteiger partial charge is 0.486 e. The van der Waals surface area contributed by atoms with E-state index in [2.05, 4.69) is 30.5 Å². The number of aromatic nitrogens is 3. The van der Waals surface area contributed by atoms with Crippen molar-refractivity contribution in [2.24, 2.45) is 0 Å². The Morgan fingerprint density at radius 3 is 2.92 bits per heavy atom. The Kier molecular flexibility index (Phi) is 7.94. The zero-order valence-electron chi connectivity index (χ0n) is 20.1. The third kappa shape index (κ3) is 6.24. The summed E-state index contributed by atoms with van der Waals surface area (Å²) in [5.74, 6) is -0.113. The third-order valence-corrected chi connectivity index (χ3v) is 6.75. The van der Waals surface area contributed by atoms with Crippen molar-refractivity contribution >= 4 is 28.4 Å².